The molecule has 2 saturated heterocycles. The Balaban J connectivity index is 1.42. The topological polar surface area (TPSA) is 87.7 Å². The summed E-state index contributed by atoms with van der Waals surface area (Å²) >= 11 is 1.60. The molecule has 7 nitrogen and oxygen atoms in total. The molecule has 2 N–H and O–H groups in total. The summed E-state index contributed by atoms with van der Waals surface area (Å²) in [6.07, 6.45) is 2.77. The number of carbonyl (C=O) groups is 3. The quantitative estimate of drug-likeness (QED) is 0.690. The molecule has 2 fully saturated rings. The Morgan fingerprint density at radius 3 is 2.87 bits per heavy atom. The average molecular weight is 432 g/mol. The van der Waals surface area contributed by atoms with Gasteiger partial charge in [-0.05, 0) is 30.4 Å². The van der Waals surface area contributed by atoms with Gasteiger partial charge in [-0.1, -0.05) is 38.5 Å². The lowest BCUT2D eigenvalue weighted by Gasteiger charge is -2.28. The molecule has 1 aromatic rings. The molecule has 3 heterocycles. The molecule has 0 aromatic heterocycles. The van der Waals surface area contributed by atoms with Crippen LogP contribution in [0.3, 0.4) is 0 Å². The second-order valence-electron chi connectivity index (χ2n) is 8.25. The number of ether oxygens (including phenoxy) is 1. The second kappa shape index (κ2) is 8.98. The first-order valence-corrected chi connectivity index (χ1v) is 11.8. The fourth-order valence-corrected chi connectivity index (χ4v) is 5.79. The molecule has 30 heavy (non-hydrogen) atoms. The van der Waals surface area contributed by atoms with E-state index in [0.29, 0.717) is 17.9 Å². The van der Waals surface area contributed by atoms with E-state index in [-0.39, 0.29) is 35.1 Å². The summed E-state index contributed by atoms with van der Waals surface area (Å²) in [5.74, 6) is -0.0463. The second-order valence-corrected chi connectivity index (χ2v) is 9.37. The number of rotatable bonds is 7. The van der Waals surface area contributed by atoms with E-state index in [1.807, 2.05) is 38.1 Å². The SMILES string of the molecule is CCC(C)[C@H](NC(=O)[C@@H]1CSC2c3ccccc3C(=O)N21)C(=O)NCC1CCCO1. The highest BCUT2D eigenvalue weighted by Gasteiger charge is 2.48. The van der Waals surface area contributed by atoms with E-state index in [1.165, 1.54) is 0 Å². The number of nitrogens with zero attached hydrogens (tertiary/aromatic N) is 1. The molecule has 162 valence electrons. The molecule has 4 rings (SSSR count). The maximum Gasteiger partial charge on any atom is 0.256 e. The number of hydrogen-bond acceptors (Lipinski definition) is 5. The first-order valence-electron chi connectivity index (χ1n) is 10.7. The van der Waals surface area contributed by atoms with Crippen LogP contribution in [0, 0.1) is 5.92 Å². The molecule has 1 aromatic carbocycles. The van der Waals surface area contributed by atoms with Gasteiger partial charge in [0.2, 0.25) is 11.8 Å². The van der Waals surface area contributed by atoms with Gasteiger partial charge in [0.15, 0.2) is 0 Å². The lowest BCUT2D eigenvalue weighted by Crippen LogP contribution is -2.56. The van der Waals surface area contributed by atoms with Gasteiger partial charge in [0.1, 0.15) is 17.5 Å². The number of hydrogen-bond donors (Lipinski definition) is 2. The highest BCUT2D eigenvalue weighted by atomic mass is 32.2. The summed E-state index contributed by atoms with van der Waals surface area (Å²) in [6.45, 7) is 5.15. The number of amides is 3. The largest absolute Gasteiger partial charge is 0.376 e. The summed E-state index contributed by atoms with van der Waals surface area (Å²) in [4.78, 5) is 40.6. The zero-order valence-electron chi connectivity index (χ0n) is 17.4. The van der Waals surface area contributed by atoms with Gasteiger partial charge in [0.25, 0.3) is 5.91 Å². The molecule has 3 aliphatic heterocycles. The Labute approximate surface area is 181 Å². The van der Waals surface area contributed by atoms with Crippen molar-refractivity contribution in [3.05, 3.63) is 35.4 Å². The summed E-state index contributed by atoms with van der Waals surface area (Å²) in [7, 11) is 0. The van der Waals surface area contributed by atoms with Gasteiger partial charge in [0.05, 0.1) is 6.10 Å². The predicted octanol–water partition coefficient (Wildman–Crippen LogP) is 2.08. The molecule has 3 unspecified atom stereocenters. The van der Waals surface area contributed by atoms with E-state index < -0.39 is 12.1 Å². The van der Waals surface area contributed by atoms with Crippen molar-refractivity contribution >= 4 is 29.5 Å². The van der Waals surface area contributed by atoms with Crippen LogP contribution in [0.4, 0.5) is 0 Å². The van der Waals surface area contributed by atoms with Crippen molar-refractivity contribution in [2.45, 2.75) is 56.7 Å². The van der Waals surface area contributed by atoms with Crippen LogP contribution in [0.2, 0.25) is 0 Å². The number of carbonyl (C=O) groups excluding carboxylic acids is 3. The predicted molar refractivity (Wildman–Crippen MR) is 115 cm³/mol. The fraction of sp³-hybridized carbons (Fsp3) is 0.591. The van der Waals surface area contributed by atoms with Crippen molar-refractivity contribution in [2.24, 2.45) is 5.92 Å². The van der Waals surface area contributed by atoms with Gasteiger partial charge in [-0.25, -0.2) is 0 Å². The van der Waals surface area contributed by atoms with Crippen LogP contribution < -0.4 is 10.6 Å². The number of fused-ring (bicyclic) bond motifs is 3. The van der Waals surface area contributed by atoms with Crippen LogP contribution in [0.1, 0.15) is 54.4 Å². The third kappa shape index (κ3) is 3.95. The highest BCUT2D eigenvalue weighted by Crippen LogP contribution is 2.48. The van der Waals surface area contributed by atoms with E-state index >= 15 is 0 Å². The summed E-state index contributed by atoms with van der Waals surface area (Å²) in [5, 5.41) is 5.76. The Hall–Kier alpha value is -2.06. The standard InChI is InChI=1S/C22H29N3O4S/c1-3-13(2)18(20(27)23-11-14-7-6-10-29-14)24-19(26)17-12-30-22-16-9-5-4-8-15(16)21(28)25(17)22/h4-5,8-9,13-14,17-18,22H,3,6-7,10-12H2,1-2H3,(H,23,27)(H,24,26)/t13?,14?,17-,18-,22?/m0/s1. The minimum Gasteiger partial charge on any atom is -0.376 e. The molecule has 0 aliphatic carbocycles. The Morgan fingerprint density at radius 2 is 2.13 bits per heavy atom. The van der Waals surface area contributed by atoms with E-state index in [1.54, 1.807) is 16.7 Å². The molecular weight excluding hydrogens is 402 g/mol. The van der Waals surface area contributed by atoms with Crippen LogP contribution >= 0.6 is 11.8 Å². The van der Waals surface area contributed by atoms with Crippen molar-refractivity contribution in [1.82, 2.24) is 15.5 Å². The molecule has 3 amide bonds. The fourth-order valence-electron chi connectivity index (χ4n) is 4.32. The number of thioether (sulfide) groups is 1. The molecular formula is C22H29N3O4S. The van der Waals surface area contributed by atoms with Crippen LogP contribution in [0.15, 0.2) is 24.3 Å². The summed E-state index contributed by atoms with van der Waals surface area (Å²) in [6, 6.07) is 6.32. The average Bonchev–Trinajstić information content (AvgIpc) is 3.49. The zero-order valence-corrected chi connectivity index (χ0v) is 18.2. The molecule has 0 radical (unpaired) electrons. The molecule has 3 aliphatic rings. The normalized spacial score (nSPS) is 26.8. The lowest BCUT2D eigenvalue weighted by molar-refractivity contribution is -0.132. The van der Waals surface area contributed by atoms with Crippen LogP contribution in [-0.4, -0.2) is 59.7 Å². The van der Waals surface area contributed by atoms with Crippen LogP contribution in [0.25, 0.3) is 0 Å². The molecule has 5 atom stereocenters. The van der Waals surface area contributed by atoms with E-state index in [4.69, 9.17) is 4.74 Å². The van der Waals surface area contributed by atoms with E-state index in [2.05, 4.69) is 10.6 Å². The first kappa shape index (κ1) is 21.2. The monoisotopic (exact) mass is 431 g/mol. The van der Waals surface area contributed by atoms with Crippen molar-refractivity contribution < 1.29 is 19.1 Å². The van der Waals surface area contributed by atoms with E-state index in [0.717, 1.165) is 31.4 Å². The van der Waals surface area contributed by atoms with Crippen molar-refractivity contribution in [3.63, 3.8) is 0 Å². The number of benzene rings is 1. The maximum absolute atomic E-state index is 13.2. The third-order valence-electron chi connectivity index (χ3n) is 6.32. The van der Waals surface area contributed by atoms with Crippen molar-refractivity contribution in [2.75, 3.05) is 18.9 Å². The third-order valence-corrected chi connectivity index (χ3v) is 7.62. The molecule has 0 saturated carbocycles. The van der Waals surface area contributed by atoms with Gasteiger partial charge >= 0.3 is 0 Å². The lowest BCUT2D eigenvalue weighted by atomic mass is 9.97. The molecule has 0 bridgehead atoms. The van der Waals surface area contributed by atoms with Crippen molar-refractivity contribution in [1.29, 1.82) is 0 Å². The summed E-state index contributed by atoms with van der Waals surface area (Å²) < 4.78 is 5.57. The molecule has 8 heteroatoms. The van der Waals surface area contributed by atoms with Gasteiger partial charge in [-0.3, -0.25) is 14.4 Å². The smallest absolute Gasteiger partial charge is 0.256 e. The van der Waals surface area contributed by atoms with Gasteiger partial charge < -0.3 is 20.3 Å². The van der Waals surface area contributed by atoms with E-state index in [9.17, 15) is 14.4 Å². The first-order chi connectivity index (χ1) is 14.5. The van der Waals surface area contributed by atoms with Crippen LogP contribution in [-0.2, 0) is 14.3 Å². The van der Waals surface area contributed by atoms with Gasteiger partial charge in [-0.15, -0.1) is 11.8 Å². The Bertz CT molecular complexity index is 826. The number of nitrogens with one attached hydrogen (secondary N) is 2. The highest BCUT2D eigenvalue weighted by molar-refractivity contribution is 7.99. The van der Waals surface area contributed by atoms with Crippen molar-refractivity contribution in [3.8, 4) is 0 Å². The summed E-state index contributed by atoms with van der Waals surface area (Å²) in [5.41, 5.74) is 1.64. The minimum absolute atomic E-state index is 0.0187. The van der Waals surface area contributed by atoms with Gasteiger partial charge in [0, 0.05) is 24.5 Å². The van der Waals surface area contributed by atoms with Gasteiger partial charge in [-0.2, -0.15) is 0 Å². The maximum atomic E-state index is 13.2. The minimum atomic E-state index is -0.631. The van der Waals surface area contributed by atoms with Crippen LogP contribution in [0.5, 0.6) is 0 Å². The Morgan fingerprint density at radius 1 is 1.33 bits per heavy atom. The molecule has 0 spiro atoms. The Kier molecular flexibility index (Phi) is 6.34. The zero-order chi connectivity index (χ0) is 21.3.